The number of hydrogen-bond acceptors (Lipinski definition) is 4. The van der Waals surface area contributed by atoms with Gasteiger partial charge >= 0.3 is 0 Å². The average Bonchev–Trinajstić information content (AvgIpc) is 3.38. The van der Waals surface area contributed by atoms with Gasteiger partial charge in [0.2, 0.25) is 0 Å². The van der Waals surface area contributed by atoms with Gasteiger partial charge in [0.1, 0.15) is 12.4 Å². The van der Waals surface area contributed by atoms with E-state index in [1.54, 1.807) is 28.5 Å². The number of amides is 1. The van der Waals surface area contributed by atoms with Gasteiger partial charge in [-0.05, 0) is 41.3 Å². The minimum Gasteiger partial charge on any atom is -0.486 e. The van der Waals surface area contributed by atoms with Crippen LogP contribution in [0.4, 0.5) is 14.5 Å². The van der Waals surface area contributed by atoms with Crippen LogP contribution in [0, 0.1) is 11.6 Å². The van der Waals surface area contributed by atoms with Crippen molar-refractivity contribution >= 4 is 34.5 Å². The molecular formula is C22H16ClF2N3O2S. The Balaban J connectivity index is 1.33. The lowest BCUT2D eigenvalue weighted by Crippen LogP contribution is -2.10. The lowest BCUT2D eigenvalue weighted by atomic mass is 10.2. The predicted octanol–water partition coefficient (Wildman–Crippen LogP) is 5.76. The normalized spacial score (nSPS) is 10.8. The molecule has 158 valence electrons. The number of carbonyl (C=O) groups excluding carboxylic acids is 1. The van der Waals surface area contributed by atoms with Crippen molar-refractivity contribution in [2.45, 2.75) is 13.2 Å². The third-order valence-corrected chi connectivity index (χ3v) is 5.50. The van der Waals surface area contributed by atoms with Crippen LogP contribution in [0.3, 0.4) is 0 Å². The predicted molar refractivity (Wildman–Crippen MR) is 116 cm³/mol. The second kappa shape index (κ2) is 9.28. The number of benzene rings is 2. The molecule has 1 amide bonds. The van der Waals surface area contributed by atoms with Crippen LogP contribution in [0.2, 0.25) is 5.02 Å². The van der Waals surface area contributed by atoms with Gasteiger partial charge in [-0.15, -0.1) is 11.3 Å². The molecule has 0 saturated carbocycles. The maximum absolute atomic E-state index is 13.6. The fourth-order valence-electron chi connectivity index (χ4n) is 2.82. The van der Waals surface area contributed by atoms with Crippen molar-refractivity contribution in [3.63, 3.8) is 0 Å². The van der Waals surface area contributed by atoms with Crippen molar-refractivity contribution in [2.24, 2.45) is 0 Å². The molecule has 0 aliphatic carbocycles. The topological polar surface area (TPSA) is 56.2 Å². The smallest absolute Gasteiger partial charge is 0.265 e. The van der Waals surface area contributed by atoms with Gasteiger partial charge in [-0.1, -0.05) is 23.7 Å². The Morgan fingerprint density at radius 3 is 2.65 bits per heavy atom. The molecule has 0 atom stereocenters. The summed E-state index contributed by atoms with van der Waals surface area (Å²) in [4.78, 5) is 13.0. The first kappa shape index (κ1) is 21.0. The summed E-state index contributed by atoms with van der Waals surface area (Å²) in [5.74, 6) is -1.74. The number of nitrogens with zero attached hydrogens (tertiary/aromatic N) is 2. The Bertz CT molecular complexity index is 1210. The number of anilines is 1. The largest absolute Gasteiger partial charge is 0.486 e. The van der Waals surface area contributed by atoms with E-state index in [4.69, 9.17) is 16.3 Å². The minimum atomic E-state index is -0.771. The molecule has 4 rings (SSSR count). The number of nitrogens with one attached hydrogen (secondary N) is 1. The second-order valence-electron chi connectivity index (χ2n) is 6.69. The van der Waals surface area contributed by atoms with Crippen LogP contribution in [0.5, 0.6) is 5.75 Å². The molecule has 0 radical (unpaired) electrons. The molecule has 0 spiro atoms. The van der Waals surface area contributed by atoms with E-state index in [9.17, 15) is 13.6 Å². The van der Waals surface area contributed by atoms with E-state index < -0.39 is 11.6 Å². The van der Waals surface area contributed by atoms with Crippen LogP contribution >= 0.6 is 22.9 Å². The molecule has 0 saturated heterocycles. The molecule has 2 aromatic heterocycles. The first-order valence-corrected chi connectivity index (χ1v) is 10.5. The molecule has 0 unspecified atom stereocenters. The number of aromatic nitrogens is 2. The Labute approximate surface area is 185 Å². The summed E-state index contributed by atoms with van der Waals surface area (Å²) in [5.41, 5.74) is 2.39. The highest BCUT2D eigenvalue weighted by Crippen LogP contribution is 2.22. The molecule has 0 bridgehead atoms. The highest BCUT2D eigenvalue weighted by atomic mass is 35.5. The zero-order valence-electron chi connectivity index (χ0n) is 16.0. The summed E-state index contributed by atoms with van der Waals surface area (Å²) >= 11 is 7.12. The zero-order valence-corrected chi connectivity index (χ0v) is 17.6. The third-order valence-electron chi connectivity index (χ3n) is 4.32. The summed E-state index contributed by atoms with van der Waals surface area (Å²) in [6, 6.07) is 12.2. The minimum absolute atomic E-state index is 0.0453. The van der Waals surface area contributed by atoms with Gasteiger partial charge in [0.15, 0.2) is 11.6 Å². The zero-order chi connectivity index (χ0) is 21.8. The third kappa shape index (κ3) is 5.48. The van der Waals surface area contributed by atoms with E-state index in [0.717, 1.165) is 17.7 Å². The molecule has 0 aliphatic rings. The van der Waals surface area contributed by atoms with Gasteiger partial charge in [0.05, 0.1) is 22.6 Å². The standard InChI is InChI=1S/C22H16ClF2N3O2S/c23-16-9-26-28(11-16)10-14-1-4-18(5-2-14)27-22(29)21-7-15(13-31-21)12-30-20-6-3-17(24)8-19(20)25/h1-9,11,13H,10,12H2,(H,27,29). The summed E-state index contributed by atoms with van der Waals surface area (Å²) in [7, 11) is 0. The number of hydrogen-bond donors (Lipinski definition) is 1. The van der Waals surface area contributed by atoms with Crippen molar-refractivity contribution in [1.29, 1.82) is 0 Å². The number of rotatable bonds is 7. The van der Waals surface area contributed by atoms with Gasteiger partial charge in [-0.2, -0.15) is 5.10 Å². The van der Waals surface area contributed by atoms with E-state index in [-0.39, 0.29) is 18.3 Å². The first-order valence-electron chi connectivity index (χ1n) is 9.20. The Kier molecular flexibility index (Phi) is 6.29. The number of thiophene rings is 1. The summed E-state index contributed by atoms with van der Waals surface area (Å²) < 4.78 is 33.7. The number of carbonyl (C=O) groups is 1. The van der Waals surface area contributed by atoms with Crippen molar-refractivity contribution in [3.8, 4) is 5.75 Å². The van der Waals surface area contributed by atoms with Crippen LogP contribution in [-0.2, 0) is 13.2 Å². The molecule has 4 aromatic rings. The van der Waals surface area contributed by atoms with Crippen LogP contribution in [0.25, 0.3) is 0 Å². The highest BCUT2D eigenvalue weighted by molar-refractivity contribution is 7.12. The molecule has 5 nitrogen and oxygen atoms in total. The van der Waals surface area contributed by atoms with Crippen LogP contribution in [0.1, 0.15) is 20.8 Å². The Morgan fingerprint density at radius 2 is 1.94 bits per heavy atom. The fourth-order valence-corrected chi connectivity index (χ4v) is 3.77. The van der Waals surface area contributed by atoms with Crippen LogP contribution < -0.4 is 10.1 Å². The number of halogens is 3. The Hall–Kier alpha value is -3.23. The van der Waals surface area contributed by atoms with Gasteiger partial charge in [-0.3, -0.25) is 9.48 Å². The summed E-state index contributed by atoms with van der Waals surface area (Å²) in [5, 5.41) is 9.31. The van der Waals surface area contributed by atoms with Gasteiger partial charge < -0.3 is 10.1 Å². The van der Waals surface area contributed by atoms with Gasteiger partial charge in [0, 0.05) is 23.5 Å². The lowest BCUT2D eigenvalue weighted by molar-refractivity contribution is 0.103. The quantitative estimate of drug-likeness (QED) is 0.382. The molecular weight excluding hydrogens is 444 g/mol. The van der Waals surface area contributed by atoms with Crippen LogP contribution in [0.15, 0.2) is 66.3 Å². The SMILES string of the molecule is O=C(Nc1ccc(Cn2cc(Cl)cn2)cc1)c1cc(COc2ccc(F)cc2F)cs1. The first-order chi connectivity index (χ1) is 15.0. The number of ether oxygens (including phenoxy) is 1. The van der Waals surface area contributed by atoms with E-state index in [0.29, 0.717) is 27.7 Å². The van der Waals surface area contributed by atoms with E-state index >= 15 is 0 Å². The molecule has 1 N–H and O–H groups in total. The van der Waals surface area contributed by atoms with Crippen LogP contribution in [-0.4, -0.2) is 15.7 Å². The maximum Gasteiger partial charge on any atom is 0.265 e. The van der Waals surface area contributed by atoms with E-state index in [2.05, 4.69) is 10.4 Å². The molecule has 9 heteroatoms. The lowest BCUT2D eigenvalue weighted by Gasteiger charge is -2.06. The monoisotopic (exact) mass is 459 g/mol. The molecule has 0 aliphatic heterocycles. The van der Waals surface area contributed by atoms with Crippen molar-refractivity contribution < 1.29 is 18.3 Å². The molecule has 2 aromatic carbocycles. The summed E-state index contributed by atoms with van der Waals surface area (Å²) in [6.45, 7) is 0.641. The Morgan fingerprint density at radius 1 is 1.13 bits per heavy atom. The van der Waals surface area contributed by atoms with Gasteiger partial charge in [0.25, 0.3) is 5.91 Å². The molecule has 0 fully saturated rings. The van der Waals surface area contributed by atoms with Gasteiger partial charge in [-0.25, -0.2) is 8.78 Å². The average molecular weight is 460 g/mol. The highest BCUT2D eigenvalue weighted by Gasteiger charge is 2.11. The van der Waals surface area contributed by atoms with E-state index in [1.165, 1.54) is 17.4 Å². The fraction of sp³-hybridized carbons (Fsp3) is 0.0909. The van der Waals surface area contributed by atoms with E-state index in [1.807, 2.05) is 24.3 Å². The summed E-state index contributed by atoms with van der Waals surface area (Å²) in [6.07, 6.45) is 3.31. The molecule has 2 heterocycles. The van der Waals surface area contributed by atoms with Crippen molar-refractivity contribution in [3.05, 3.63) is 99.0 Å². The van der Waals surface area contributed by atoms with Crippen molar-refractivity contribution in [1.82, 2.24) is 9.78 Å². The molecule has 31 heavy (non-hydrogen) atoms. The maximum atomic E-state index is 13.6. The van der Waals surface area contributed by atoms with Crippen molar-refractivity contribution in [2.75, 3.05) is 5.32 Å². The second-order valence-corrected chi connectivity index (χ2v) is 8.04.